The number of nitrogens with two attached hydrogens (primary N) is 1. The van der Waals surface area contributed by atoms with E-state index < -0.39 is 0 Å². The van der Waals surface area contributed by atoms with Crippen molar-refractivity contribution < 1.29 is 4.39 Å². The van der Waals surface area contributed by atoms with E-state index in [4.69, 9.17) is 5.73 Å². The molecule has 0 aromatic heterocycles. The quantitative estimate of drug-likeness (QED) is 0.884. The molecule has 2 rings (SSSR count). The number of rotatable bonds is 2. The summed E-state index contributed by atoms with van der Waals surface area (Å²) in [5.41, 5.74) is 6.92. The molecule has 1 atom stereocenters. The van der Waals surface area contributed by atoms with E-state index in [0.29, 0.717) is 6.04 Å². The highest BCUT2D eigenvalue weighted by Crippen LogP contribution is 2.24. The van der Waals surface area contributed by atoms with Crippen molar-refractivity contribution in [3.8, 4) is 0 Å². The van der Waals surface area contributed by atoms with Gasteiger partial charge in [0.15, 0.2) is 0 Å². The number of hydrogen-bond acceptors (Lipinski definition) is 2. The number of hydrogen-bond donors (Lipinski definition) is 1. The molecule has 0 saturated carbocycles. The topological polar surface area (TPSA) is 29.3 Å². The fraction of sp³-hybridized carbons (Fsp3) is 0.538. The standard InChI is InChI=1S/C13H19FN2.ClH/c1-10(11-3-2-4-12(14)9-11)16-7-5-13(15)6-8-16;/h2-4,9-10,13H,5-8,15H2,1H3;1H. The van der Waals surface area contributed by atoms with Gasteiger partial charge in [0.1, 0.15) is 5.82 Å². The molecule has 0 bridgehead atoms. The lowest BCUT2D eigenvalue weighted by Crippen LogP contribution is -2.40. The second kappa shape index (κ2) is 6.34. The molecule has 1 unspecified atom stereocenters. The summed E-state index contributed by atoms with van der Waals surface area (Å²) in [4.78, 5) is 2.37. The Morgan fingerprint density at radius 3 is 2.59 bits per heavy atom. The van der Waals surface area contributed by atoms with Crippen molar-refractivity contribution in [2.45, 2.75) is 31.8 Å². The number of halogens is 2. The molecule has 1 aromatic rings. The lowest BCUT2D eigenvalue weighted by Gasteiger charge is -2.35. The molecule has 2 N–H and O–H groups in total. The van der Waals surface area contributed by atoms with Gasteiger partial charge in [0.05, 0.1) is 0 Å². The predicted molar refractivity (Wildman–Crippen MR) is 70.8 cm³/mol. The highest BCUT2D eigenvalue weighted by molar-refractivity contribution is 5.85. The van der Waals surface area contributed by atoms with Crippen molar-refractivity contribution in [2.75, 3.05) is 13.1 Å². The lowest BCUT2D eigenvalue weighted by atomic mass is 10.0. The largest absolute Gasteiger partial charge is 0.328 e. The van der Waals surface area contributed by atoms with Crippen LogP contribution in [0.2, 0.25) is 0 Å². The predicted octanol–water partition coefficient (Wildman–Crippen LogP) is 2.73. The van der Waals surface area contributed by atoms with Crippen LogP contribution in [0.1, 0.15) is 31.4 Å². The zero-order valence-corrected chi connectivity index (χ0v) is 10.9. The Bertz CT molecular complexity index is 351. The van der Waals surface area contributed by atoms with Gasteiger partial charge in [0.25, 0.3) is 0 Å². The molecule has 0 aliphatic carbocycles. The summed E-state index contributed by atoms with van der Waals surface area (Å²) in [6.07, 6.45) is 2.08. The normalized spacial score (nSPS) is 19.7. The van der Waals surface area contributed by atoms with Crippen LogP contribution >= 0.6 is 12.4 Å². The summed E-state index contributed by atoms with van der Waals surface area (Å²) in [6, 6.07) is 7.50. The lowest BCUT2D eigenvalue weighted by molar-refractivity contribution is 0.163. The Kier molecular flexibility index (Phi) is 5.37. The SMILES string of the molecule is CC(c1cccc(F)c1)N1CCC(N)CC1.Cl. The molecule has 1 saturated heterocycles. The van der Waals surface area contributed by atoms with Gasteiger partial charge in [-0.1, -0.05) is 12.1 Å². The molecular formula is C13H20ClFN2. The fourth-order valence-corrected chi connectivity index (χ4v) is 2.28. The van der Waals surface area contributed by atoms with Crippen molar-refractivity contribution >= 4 is 12.4 Å². The van der Waals surface area contributed by atoms with Crippen molar-refractivity contribution in [1.29, 1.82) is 0 Å². The molecule has 1 aliphatic heterocycles. The van der Waals surface area contributed by atoms with E-state index >= 15 is 0 Å². The molecule has 4 heteroatoms. The third kappa shape index (κ3) is 3.66. The molecule has 1 fully saturated rings. The summed E-state index contributed by atoms with van der Waals surface area (Å²) < 4.78 is 13.1. The Morgan fingerprint density at radius 1 is 1.35 bits per heavy atom. The third-order valence-corrected chi connectivity index (χ3v) is 3.45. The van der Waals surface area contributed by atoms with E-state index in [1.165, 1.54) is 6.07 Å². The van der Waals surface area contributed by atoms with Gasteiger partial charge in [-0.2, -0.15) is 0 Å². The van der Waals surface area contributed by atoms with Gasteiger partial charge in [0.2, 0.25) is 0 Å². The highest BCUT2D eigenvalue weighted by atomic mass is 35.5. The first kappa shape index (κ1) is 14.4. The smallest absolute Gasteiger partial charge is 0.123 e. The second-order valence-corrected chi connectivity index (χ2v) is 4.60. The van der Waals surface area contributed by atoms with Gasteiger partial charge < -0.3 is 5.73 Å². The molecule has 0 radical (unpaired) electrons. The minimum absolute atomic E-state index is 0. The van der Waals surface area contributed by atoms with Gasteiger partial charge in [-0.3, -0.25) is 4.90 Å². The van der Waals surface area contributed by atoms with Crippen molar-refractivity contribution in [3.63, 3.8) is 0 Å². The second-order valence-electron chi connectivity index (χ2n) is 4.60. The van der Waals surface area contributed by atoms with Crippen molar-refractivity contribution in [2.24, 2.45) is 5.73 Å². The molecule has 17 heavy (non-hydrogen) atoms. The van der Waals surface area contributed by atoms with E-state index in [1.54, 1.807) is 12.1 Å². The molecule has 1 aromatic carbocycles. The van der Waals surface area contributed by atoms with Crippen LogP contribution in [-0.2, 0) is 0 Å². The van der Waals surface area contributed by atoms with Crippen molar-refractivity contribution in [3.05, 3.63) is 35.6 Å². The zero-order valence-electron chi connectivity index (χ0n) is 10.1. The minimum atomic E-state index is -0.155. The molecule has 0 amide bonds. The Balaban J connectivity index is 0.00000144. The summed E-state index contributed by atoms with van der Waals surface area (Å²) in [5.74, 6) is -0.155. The first-order valence-corrected chi connectivity index (χ1v) is 5.92. The number of piperidine rings is 1. The van der Waals surface area contributed by atoms with E-state index in [0.717, 1.165) is 31.5 Å². The highest BCUT2D eigenvalue weighted by Gasteiger charge is 2.21. The van der Waals surface area contributed by atoms with E-state index in [9.17, 15) is 4.39 Å². The summed E-state index contributed by atoms with van der Waals surface area (Å²) in [7, 11) is 0. The Morgan fingerprint density at radius 2 is 2.00 bits per heavy atom. The first-order valence-electron chi connectivity index (χ1n) is 5.92. The minimum Gasteiger partial charge on any atom is -0.328 e. The van der Waals surface area contributed by atoms with Crippen LogP contribution in [0.3, 0.4) is 0 Å². The van der Waals surface area contributed by atoms with Gasteiger partial charge in [-0.25, -0.2) is 4.39 Å². The number of benzene rings is 1. The van der Waals surface area contributed by atoms with E-state index in [1.807, 2.05) is 6.07 Å². The van der Waals surface area contributed by atoms with Gasteiger partial charge in [-0.05, 0) is 37.5 Å². The molecule has 0 spiro atoms. The maximum Gasteiger partial charge on any atom is 0.123 e. The molecule has 1 aliphatic rings. The van der Waals surface area contributed by atoms with Crippen LogP contribution in [0.5, 0.6) is 0 Å². The van der Waals surface area contributed by atoms with Gasteiger partial charge in [0, 0.05) is 25.2 Å². The summed E-state index contributed by atoms with van der Waals surface area (Å²) in [6.45, 7) is 4.16. The fourth-order valence-electron chi connectivity index (χ4n) is 2.28. The summed E-state index contributed by atoms with van der Waals surface area (Å²) in [5, 5.41) is 0. The van der Waals surface area contributed by atoms with Crippen LogP contribution in [-0.4, -0.2) is 24.0 Å². The van der Waals surface area contributed by atoms with Gasteiger partial charge >= 0.3 is 0 Å². The number of nitrogens with zero attached hydrogens (tertiary/aromatic N) is 1. The monoisotopic (exact) mass is 258 g/mol. The van der Waals surface area contributed by atoms with E-state index in [2.05, 4.69) is 11.8 Å². The van der Waals surface area contributed by atoms with Crippen LogP contribution in [0.25, 0.3) is 0 Å². The maximum absolute atomic E-state index is 13.1. The average Bonchev–Trinajstić information content (AvgIpc) is 2.29. The molecule has 96 valence electrons. The maximum atomic E-state index is 13.1. The Hall–Kier alpha value is -0.640. The summed E-state index contributed by atoms with van der Waals surface area (Å²) >= 11 is 0. The van der Waals surface area contributed by atoms with Gasteiger partial charge in [-0.15, -0.1) is 12.4 Å². The van der Waals surface area contributed by atoms with Crippen LogP contribution in [0.4, 0.5) is 4.39 Å². The van der Waals surface area contributed by atoms with E-state index in [-0.39, 0.29) is 24.3 Å². The van der Waals surface area contributed by atoms with Crippen LogP contribution in [0, 0.1) is 5.82 Å². The molecule has 1 heterocycles. The third-order valence-electron chi connectivity index (χ3n) is 3.45. The molecular weight excluding hydrogens is 239 g/mol. The van der Waals surface area contributed by atoms with Crippen LogP contribution < -0.4 is 5.73 Å². The van der Waals surface area contributed by atoms with Crippen LogP contribution in [0.15, 0.2) is 24.3 Å². The molecule has 2 nitrogen and oxygen atoms in total. The zero-order chi connectivity index (χ0) is 11.5. The number of likely N-dealkylation sites (tertiary alicyclic amines) is 1. The Labute approximate surface area is 108 Å². The first-order chi connectivity index (χ1) is 7.66. The average molecular weight is 259 g/mol. The van der Waals surface area contributed by atoms with Crippen molar-refractivity contribution in [1.82, 2.24) is 4.90 Å².